The van der Waals surface area contributed by atoms with Crippen molar-refractivity contribution in [1.82, 2.24) is 4.98 Å². The Kier molecular flexibility index (Phi) is 3.48. The lowest BCUT2D eigenvalue weighted by molar-refractivity contribution is 0.705. The van der Waals surface area contributed by atoms with Gasteiger partial charge in [0.05, 0.1) is 11.2 Å². The predicted octanol–water partition coefficient (Wildman–Crippen LogP) is 3.37. The minimum absolute atomic E-state index is 0.676. The van der Waals surface area contributed by atoms with Crippen LogP contribution in [0.4, 0.5) is 0 Å². The molecule has 1 unspecified atom stereocenters. The molecule has 0 saturated carbocycles. The van der Waals surface area contributed by atoms with E-state index in [0.717, 1.165) is 6.42 Å². The smallest absolute Gasteiger partial charge is 0.0801 e. The van der Waals surface area contributed by atoms with Gasteiger partial charge in [0.1, 0.15) is 0 Å². The summed E-state index contributed by atoms with van der Waals surface area (Å²) in [5, 5.41) is 0. The van der Waals surface area contributed by atoms with Crippen molar-refractivity contribution in [2.45, 2.75) is 27.2 Å². The molecule has 2 heteroatoms. The quantitative estimate of drug-likeness (QED) is 0.598. The van der Waals surface area contributed by atoms with Gasteiger partial charge in [-0.1, -0.05) is 26.8 Å². The van der Waals surface area contributed by atoms with Crippen molar-refractivity contribution in [3.63, 3.8) is 0 Å². The van der Waals surface area contributed by atoms with Crippen LogP contribution in [0.2, 0.25) is 0 Å². The third kappa shape index (κ3) is 1.95. The summed E-state index contributed by atoms with van der Waals surface area (Å²) in [6, 6.07) is 0. The van der Waals surface area contributed by atoms with E-state index >= 15 is 0 Å². The molecule has 66 valence electrons. The molecule has 1 aromatic rings. The van der Waals surface area contributed by atoms with E-state index in [1.807, 2.05) is 19.4 Å². The minimum Gasteiger partial charge on any atom is -0.249 e. The summed E-state index contributed by atoms with van der Waals surface area (Å²) in [5.74, 6) is 0.676. The van der Waals surface area contributed by atoms with E-state index < -0.39 is 0 Å². The summed E-state index contributed by atoms with van der Waals surface area (Å²) in [5.41, 5.74) is 3.20. The Morgan fingerprint density at radius 3 is 3.00 bits per heavy atom. The van der Waals surface area contributed by atoms with E-state index in [-0.39, 0.29) is 0 Å². The van der Waals surface area contributed by atoms with E-state index in [4.69, 9.17) is 0 Å². The largest absolute Gasteiger partial charge is 0.249 e. The lowest BCUT2D eigenvalue weighted by atomic mass is 10.00. The van der Waals surface area contributed by atoms with Crippen molar-refractivity contribution < 1.29 is 0 Å². The zero-order valence-corrected chi connectivity index (χ0v) is 8.69. The van der Waals surface area contributed by atoms with Gasteiger partial charge < -0.3 is 0 Å². The monoisotopic (exact) mass is 181 g/mol. The second-order valence-electron chi connectivity index (χ2n) is 2.70. The molecule has 0 aromatic carbocycles. The lowest BCUT2D eigenvalue weighted by Gasteiger charge is -2.08. The predicted molar refractivity (Wildman–Crippen MR) is 55.4 cm³/mol. The number of hydrogen-bond acceptors (Lipinski definition) is 2. The molecule has 0 amide bonds. The number of thiazole rings is 1. The molecule has 2 rings (SSSR count). The molecule has 1 aliphatic rings. The second-order valence-corrected chi connectivity index (χ2v) is 3.59. The van der Waals surface area contributed by atoms with E-state index in [1.165, 1.54) is 10.6 Å². The van der Waals surface area contributed by atoms with E-state index in [0.29, 0.717) is 5.92 Å². The first-order valence-corrected chi connectivity index (χ1v) is 5.35. The maximum absolute atomic E-state index is 4.27. The summed E-state index contributed by atoms with van der Waals surface area (Å²) < 4.78 is 0. The average molecular weight is 181 g/mol. The van der Waals surface area contributed by atoms with E-state index in [1.54, 1.807) is 11.3 Å². The molecule has 0 saturated heterocycles. The first-order chi connectivity index (χ1) is 5.86. The van der Waals surface area contributed by atoms with Crippen molar-refractivity contribution in [2.24, 2.45) is 5.92 Å². The Bertz CT molecular complexity index is 263. The highest BCUT2D eigenvalue weighted by Crippen LogP contribution is 2.24. The fraction of sp³-hybridized carbons (Fsp3) is 0.500. The molecule has 0 spiro atoms. The van der Waals surface area contributed by atoms with Crippen LogP contribution in [-0.2, 0) is 6.42 Å². The van der Waals surface area contributed by atoms with Gasteiger partial charge in [0.25, 0.3) is 0 Å². The molecule has 0 bridgehead atoms. The minimum atomic E-state index is 0.676. The highest BCUT2D eigenvalue weighted by atomic mass is 32.1. The molecule has 1 atom stereocenters. The first-order valence-electron chi connectivity index (χ1n) is 4.47. The Hall–Kier alpha value is -0.630. The molecular formula is C10H15NS. The highest BCUT2D eigenvalue weighted by Gasteiger charge is 2.11. The molecule has 0 N–H and O–H groups in total. The zero-order valence-electron chi connectivity index (χ0n) is 7.87. The van der Waals surface area contributed by atoms with Crippen LogP contribution in [0.25, 0.3) is 6.08 Å². The zero-order chi connectivity index (χ0) is 8.97. The number of fused-ring (bicyclic) bond motifs is 1. The van der Waals surface area contributed by atoms with Crippen LogP contribution >= 0.6 is 11.3 Å². The van der Waals surface area contributed by atoms with E-state index in [2.05, 4.69) is 24.1 Å². The number of rotatable bonds is 0. The maximum atomic E-state index is 4.27. The second kappa shape index (κ2) is 4.41. The van der Waals surface area contributed by atoms with Gasteiger partial charge >= 0.3 is 0 Å². The molecule has 12 heavy (non-hydrogen) atoms. The fourth-order valence-corrected chi connectivity index (χ4v) is 1.91. The van der Waals surface area contributed by atoms with Crippen LogP contribution < -0.4 is 0 Å². The van der Waals surface area contributed by atoms with E-state index in [9.17, 15) is 0 Å². The summed E-state index contributed by atoms with van der Waals surface area (Å²) >= 11 is 1.73. The first kappa shape index (κ1) is 9.46. The molecule has 0 fully saturated rings. The van der Waals surface area contributed by atoms with Gasteiger partial charge in [0, 0.05) is 4.88 Å². The van der Waals surface area contributed by atoms with Crippen LogP contribution in [0.15, 0.2) is 11.6 Å². The lowest BCUT2D eigenvalue weighted by Crippen LogP contribution is -2.01. The van der Waals surface area contributed by atoms with Crippen molar-refractivity contribution in [3.05, 3.63) is 22.2 Å². The summed E-state index contributed by atoms with van der Waals surface area (Å²) in [7, 11) is 0. The standard InChI is InChI=1S/C8H9NS.C2H6/c1-6-2-3-8-7(4-6)9-5-10-8;1-2/h2-3,5-6H,4H2,1H3;1-2H3. The maximum Gasteiger partial charge on any atom is 0.0801 e. The molecule has 0 radical (unpaired) electrons. The highest BCUT2D eigenvalue weighted by molar-refractivity contribution is 7.10. The van der Waals surface area contributed by atoms with Crippen molar-refractivity contribution in [3.8, 4) is 0 Å². The Morgan fingerprint density at radius 1 is 1.50 bits per heavy atom. The van der Waals surface area contributed by atoms with Gasteiger partial charge in [-0.15, -0.1) is 11.3 Å². The Balaban J connectivity index is 0.000000336. The van der Waals surface area contributed by atoms with Gasteiger partial charge in [-0.3, -0.25) is 0 Å². The van der Waals surface area contributed by atoms with Gasteiger partial charge in [-0.25, -0.2) is 4.98 Å². The third-order valence-corrected chi connectivity index (χ3v) is 2.60. The van der Waals surface area contributed by atoms with Gasteiger partial charge in [0.15, 0.2) is 0 Å². The van der Waals surface area contributed by atoms with Crippen LogP contribution in [0.3, 0.4) is 0 Å². The van der Waals surface area contributed by atoms with Crippen LogP contribution in [-0.4, -0.2) is 4.98 Å². The van der Waals surface area contributed by atoms with Crippen molar-refractivity contribution >= 4 is 17.4 Å². The molecule has 1 aliphatic carbocycles. The molecular weight excluding hydrogens is 166 g/mol. The Labute approximate surface area is 78.2 Å². The number of nitrogens with zero attached hydrogens (tertiary/aromatic N) is 1. The summed E-state index contributed by atoms with van der Waals surface area (Å²) in [6.07, 6.45) is 5.55. The third-order valence-electron chi connectivity index (χ3n) is 1.76. The van der Waals surface area contributed by atoms with Gasteiger partial charge in [-0.05, 0) is 18.4 Å². The average Bonchev–Trinajstić information content (AvgIpc) is 2.54. The number of allylic oxidation sites excluding steroid dienone is 1. The molecule has 0 aliphatic heterocycles. The van der Waals surface area contributed by atoms with Crippen molar-refractivity contribution in [1.29, 1.82) is 0 Å². The van der Waals surface area contributed by atoms with Crippen LogP contribution in [0, 0.1) is 5.92 Å². The van der Waals surface area contributed by atoms with Gasteiger partial charge in [-0.2, -0.15) is 0 Å². The molecule has 1 nitrogen and oxygen atoms in total. The molecule has 1 heterocycles. The molecule has 1 aromatic heterocycles. The fourth-order valence-electron chi connectivity index (χ4n) is 1.19. The van der Waals surface area contributed by atoms with Crippen LogP contribution in [0.5, 0.6) is 0 Å². The summed E-state index contributed by atoms with van der Waals surface area (Å²) in [6.45, 7) is 6.22. The van der Waals surface area contributed by atoms with Crippen molar-refractivity contribution in [2.75, 3.05) is 0 Å². The SMILES string of the molecule is CC.CC1C=Cc2scnc2C1. The Morgan fingerprint density at radius 2 is 2.25 bits per heavy atom. The number of aromatic nitrogens is 1. The van der Waals surface area contributed by atoms with Gasteiger partial charge in [0.2, 0.25) is 0 Å². The topological polar surface area (TPSA) is 12.9 Å². The number of hydrogen-bond donors (Lipinski definition) is 0. The summed E-state index contributed by atoms with van der Waals surface area (Å²) in [4.78, 5) is 5.62. The normalized spacial score (nSPS) is 19.4. The van der Waals surface area contributed by atoms with Crippen LogP contribution in [0.1, 0.15) is 31.3 Å².